The van der Waals surface area contributed by atoms with Crippen molar-refractivity contribution in [3.8, 4) is 5.75 Å². The van der Waals surface area contributed by atoms with Crippen LogP contribution in [-0.2, 0) is 14.8 Å². The van der Waals surface area contributed by atoms with Crippen LogP contribution >= 0.6 is 0 Å². The van der Waals surface area contributed by atoms with Gasteiger partial charge in [0.15, 0.2) is 0 Å². The average molecular weight is 348 g/mol. The Morgan fingerprint density at radius 2 is 1.67 bits per heavy atom. The SMILES string of the molecule is CCOc1ccc(NC(=O)CNS(=O)(=O)c2ccc(C)cc2)cc1. The van der Waals surface area contributed by atoms with Gasteiger partial charge in [-0.05, 0) is 50.2 Å². The standard InChI is InChI=1S/C17H20N2O4S/c1-3-23-15-8-6-14(7-9-15)19-17(20)12-18-24(21,22)16-10-4-13(2)5-11-16/h4-11,18H,3,12H2,1-2H3,(H,19,20). The van der Waals surface area contributed by atoms with E-state index in [1.54, 1.807) is 36.4 Å². The number of sulfonamides is 1. The molecule has 1 amide bonds. The van der Waals surface area contributed by atoms with Crippen molar-refractivity contribution in [1.29, 1.82) is 0 Å². The third-order valence-electron chi connectivity index (χ3n) is 3.20. The number of aryl methyl sites for hydroxylation is 1. The Morgan fingerprint density at radius 3 is 2.25 bits per heavy atom. The monoisotopic (exact) mass is 348 g/mol. The Labute approximate surface area is 141 Å². The van der Waals surface area contributed by atoms with Gasteiger partial charge in [-0.1, -0.05) is 17.7 Å². The fraction of sp³-hybridized carbons (Fsp3) is 0.235. The lowest BCUT2D eigenvalue weighted by Crippen LogP contribution is -2.32. The van der Waals surface area contributed by atoms with E-state index >= 15 is 0 Å². The van der Waals surface area contributed by atoms with Crippen LogP contribution in [0.4, 0.5) is 5.69 Å². The molecule has 0 saturated heterocycles. The molecular formula is C17H20N2O4S. The van der Waals surface area contributed by atoms with Crippen molar-refractivity contribution in [2.75, 3.05) is 18.5 Å². The molecule has 0 spiro atoms. The summed E-state index contributed by atoms with van der Waals surface area (Å²) in [6, 6.07) is 13.3. The fourth-order valence-electron chi connectivity index (χ4n) is 1.97. The second kappa shape index (κ2) is 7.94. The molecule has 0 saturated carbocycles. The van der Waals surface area contributed by atoms with Crippen molar-refractivity contribution >= 4 is 21.6 Å². The molecule has 0 atom stereocenters. The van der Waals surface area contributed by atoms with Crippen molar-refractivity contribution in [3.05, 3.63) is 54.1 Å². The van der Waals surface area contributed by atoms with Gasteiger partial charge in [0.2, 0.25) is 15.9 Å². The largest absolute Gasteiger partial charge is 0.494 e. The van der Waals surface area contributed by atoms with Gasteiger partial charge >= 0.3 is 0 Å². The average Bonchev–Trinajstić information content (AvgIpc) is 2.56. The van der Waals surface area contributed by atoms with Gasteiger partial charge in [-0.3, -0.25) is 4.79 Å². The summed E-state index contributed by atoms with van der Waals surface area (Å²) in [5.74, 6) is 0.255. The van der Waals surface area contributed by atoms with E-state index in [0.717, 1.165) is 5.56 Å². The van der Waals surface area contributed by atoms with Gasteiger partial charge < -0.3 is 10.1 Å². The number of carbonyl (C=O) groups excluding carboxylic acids is 1. The second-order valence-corrected chi connectivity index (χ2v) is 6.91. The number of carbonyl (C=O) groups is 1. The molecular weight excluding hydrogens is 328 g/mol. The quantitative estimate of drug-likeness (QED) is 0.804. The fourth-order valence-corrected chi connectivity index (χ4v) is 2.95. The highest BCUT2D eigenvalue weighted by Gasteiger charge is 2.15. The van der Waals surface area contributed by atoms with E-state index in [2.05, 4.69) is 10.0 Å². The van der Waals surface area contributed by atoms with Crippen LogP contribution in [0, 0.1) is 6.92 Å². The van der Waals surface area contributed by atoms with Crippen LogP contribution in [0.5, 0.6) is 5.75 Å². The third kappa shape index (κ3) is 5.07. The van der Waals surface area contributed by atoms with Crippen LogP contribution in [0.1, 0.15) is 12.5 Å². The van der Waals surface area contributed by atoms with Gasteiger partial charge in [0.25, 0.3) is 0 Å². The Bertz CT molecular complexity index is 784. The number of ether oxygens (including phenoxy) is 1. The Kier molecular flexibility index (Phi) is 5.94. The minimum Gasteiger partial charge on any atom is -0.494 e. The summed E-state index contributed by atoms with van der Waals surface area (Å²) in [6.07, 6.45) is 0. The molecule has 0 bridgehead atoms. The summed E-state index contributed by atoms with van der Waals surface area (Å²) in [6.45, 7) is 3.97. The molecule has 6 nitrogen and oxygen atoms in total. The number of anilines is 1. The first kappa shape index (κ1) is 18.0. The van der Waals surface area contributed by atoms with E-state index in [-0.39, 0.29) is 11.4 Å². The second-order valence-electron chi connectivity index (χ2n) is 5.14. The van der Waals surface area contributed by atoms with Crippen LogP contribution in [0.3, 0.4) is 0 Å². The predicted octanol–water partition coefficient (Wildman–Crippen LogP) is 2.31. The Morgan fingerprint density at radius 1 is 1.04 bits per heavy atom. The van der Waals surface area contributed by atoms with E-state index in [1.807, 2.05) is 13.8 Å². The number of nitrogens with one attached hydrogen (secondary N) is 2. The first-order valence-electron chi connectivity index (χ1n) is 7.50. The number of rotatable bonds is 7. The van der Waals surface area contributed by atoms with Crippen LogP contribution in [-0.4, -0.2) is 27.5 Å². The smallest absolute Gasteiger partial charge is 0.241 e. The maximum absolute atomic E-state index is 12.1. The summed E-state index contributed by atoms with van der Waals surface area (Å²) >= 11 is 0. The Hall–Kier alpha value is -2.38. The lowest BCUT2D eigenvalue weighted by Gasteiger charge is -2.09. The van der Waals surface area contributed by atoms with Crippen LogP contribution in [0.25, 0.3) is 0 Å². The van der Waals surface area contributed by atoms with Gasteiger partial charge in [0, 0.05) is 5.69 Å². The topological polar surface area (TPSA) is 84.5 Å². The molecule has 0 radical (unpaired) electrons. The molecule has 0 aromatic heterocycles. The van der Waals surface area contributed by atoms with E-state index in [4.69, 9.17) is 4.74 Å². The van der Waals surface area contributed by atoms with E-state index in [1.165, 1.54) is 12.1 Å². The predicted molar refractivity (Wildman–Crippen MR) is 92.6 cm³/mol. The summed E-state index contributed by atoms with van der Waals surface area (Å²) in [7, 11) is -3.71. The highest BCUT2D eigenvalue weighted by molar-refractivity contribution is 7.89. The highest BCUT2D eigenvalue weighted by atomic mass is 32.2. The molecule has 2 N–H and O–H groups in total. The summed E-state index contributed by atoms with van der Waals surface area (Å²) in [4.78, 5) is 12.0. The molecule has 128 valence electrons. The lowest BCUT2D eigenvalue weighted by molar-refractivity contribution is -0.115. The summed E-state index contributed by atoms with van der Waals surface area (Å²) in [5.41, 5.74) is 1.53. The van der Waals surface area contributed by atoms with Crippen molar-refractivity contribution < 1.29 is 17.9 Å². The van der Waals surface area contributed by atoms with Gasteiger partial charge in [-0.15, -0.1) is 0 Å². The zero-order valence-electron chi connectivity index (χ0n) is 13.6. The molecule has 0 heterocycles. The lowest BCUT2D eigenvalue weighted by atomic mass is 10.2. The van der Waals surface area contributed by atoms with Crippen LogP contribution < -0.4 is 14.8 Å². The van der Waals surface area contributed by atoms with Gasteiger partial charge in [-0.2, -0.15) is 0 Å². The maximum Gasteiger partial charge on any atom is 0.241 e. The van der Waals surface area contributed by atoms with Gasteiger partial charge in [-0.25, -0.2) is 13.1 Å². The first-order valence-corrected chi connectivity index (χ1v) is 8.98. The first-order chi connectivity index (χ1) is 11.4. The molecule has 2 rings (SSSR count). The molecule has 0 fully saturated rings. The number of hydrogen-bond donors (Lipinski definition) is 2. The van der Waals surface area contributed by atoms with Crippen LogP contribution in [0.2, 0.25) is 0 Å². The van der Waals surface area contributed by atoms with Gasteiger partial charge in [0.1, 0.15) is 5.75 Å². The summed E-state index contributed by atoms with van der Waals surface area (Å²) in [5, 5.41) is 2.62. The molecule has 2 aromatic carbocycles. The number of amides is 1. The van der Waals surface area contributed by atoms with E-state index in [0.29, 0.717) is 18.0 Å². The molecule has 7 heteroatoms. The summed E-state index contributed by atoms with van der Waals surface area (Å²) < 4.78 is 31.8. The Balaban J connectivity index is 1.91. The zero-order chi connectivity index (χ0) is 17.6. The molecule has 2 aromatic rings. The minimum absolute atomic E-state index is 0.127. The molecule has 24 heavy (non-hydrogen) atoms. The van der Waals surface area contributed by atoms with Gasteiger partial charge in [0.05, 0.1) is 18.0 Å². The van der Waals surface area contributed by atoms with Crippen molar-refractivity contribution in [2.45, 2.75) is 18.7 Å². The number of hydrogen-bond acceptors (Lipinski definition) is 4. The molecule has 0 unspecified atom stereocenters. The normalized spacial score (nSPS) is 11.1. The highest BCUT2D eigenvalue weighted by Crippen LogP contribution is 2.15. The zero-order valence-corrected chi connectivity index (χ0v) is 14.4. The van der Waals surface area contributed by atoms with E-state index in [9.17, 15) is 13.2 Å². The van der Waals surface area contributed by atoms with Crippen molar-refractivity contribution in [2.24, 2.45) is 0 Å². The molecule has 0 aliphatic carbocycles. The number of benzene rings is 2. The minimum atomic E-state index is -3.71. The van der Waals surface area contributed by atoms with Crippen LogP contribution in [0.15, 0.2) is 53.4 Å². The van der Waals surface area contributed by atoms with Crippen molar-refractivity contribution in [3.63, 3.8) is 0 Å². The van der Waals surface area contributed by atoms with E-state index < -0.39 is 15.9 Å². The van der Waals surface area contributed by atoms with Crippen molar-refractivity contribution in [1.82, 2.24) is 4.72 Å². The third-order valence-corrected chi connectivity index (χ3v) is 4.62. The molecule has 0 aliphatic heterocycles. The molecule has 0 aliphatic rings. The maximum atomic E-state index is 12.1.